The van der Waals surface area contributed by atoms with Gasteiger partial charge in [-0.1, -0.05) is 30.3 Å². The molecule has 1 heterocycles. The molecule has 0 fully saturated rings. The zero-order chi connectivity index (χ0) is 13.8. The number of aromatic nitrogens is 1. The number of ether oxygens (including phenoxy) is 1. The van der Waals surface area contributed by atoms with Crippen molar-refractivity contribution in [1.29, 1.82) is 0 Å². The highest BCUT2D eigenvalue weighted by atomic mass is 16.5. The second kappa shape index (κ2) is 5.95. The summed E-state index contributed by atoms with van der Waals surface area (Å²) in [5.74, 6) is 1.57. The van der Waals surface area contributed by atoms with Crippen LogP contribution in [0.1, 0.15) is 37.0 Å². The fraction of sp³-hybridized carbons (Fsp3) is 0.353. The number of nitrogens with zero attached hydrogens (tertiary/aromatic N) is 1. The Hall–Kier alpha value is -2.03. The van der Waals surface area contributed by atoms with Crippen LogP contribution in [0.25, 0.3) is 0 Å². The summed E-state index contributed by atoms with van der Waals surface area (Å²) in [4.78, 5) is 4.50. The van der Waals surface area contributed by atoms with E-state index in [1.165, 1.54) is 17.5 Å². The molecule has 3 nitrogen and oxygen atoms in total. The van der Waals surface area contributed by atoms with Gasteiger partial charge in [0.05, 0.1) is 0 Å². The van der Waals surface area contributed by atoms with E-state index in [1.807, 2.05) is 18.2 Å². The molecule has 0 saturated carbocycles. The van der Waals surface area contributed by atoms with Crippen molar-refractivity contribution < 1.29 is 4.74 Å². The Balaban J connectivity index is 1.80. The van der Waals surface area contributed by atoms with Gasteiger partial charge in [-0.3, -0.25) is 0 Å². The molecule has 1 N–H and O–H groups in total. The fourth-order valence-corrected chi connectivity index (χ4v) is 2.74. The first-order valence-corrected chi connectivity index (χ1v) is 7.32. The third-order valence-corrected chi connectivity index (χ3v) is 3.66. The number of fused-ring (bicyclic) bond motifs is 1. The molecule has 1 aromatic carbocycles. The first-order chi connectivity index (χ1) is 9.86. The number of pyridine rings is 1. The van der Waals surface area contributed by atoms with Gasteiger partial charge < -0.3 is 10.1 Å². The Labute approximate surface area is 120 Å². The van der Waals surface area contributed by atoms with E-state index >= 15 is 0 Å². The van der Waals surface area contributed by atoms with Crippen LogP contribution in [0, 0.1) is 0 Å². The molecule has 0 amide bonds. The predicted molar refractivity (Wildman–Crippen MR) is 81.1 cm³/mol. The van der Waals surface area contributed by atoms with E-state index < -0.39 is 0 Å². The van der Waals surface area contributed by atoms with Crippen molar-refractivity contribution in [2.24, 2.45) is 0 Å². The number of rotatable bonds is 4. The van der Waals surface area contributed by atoms with Crippen molar-refractivity contribution >= 4 is 5.82 Å². The average Bonchev–Trinajstić information content (AvgIpc) is 2.48. The minimum absolute atomic E-state index is 0.129. The van der Waals surface area contributed by atoms with Gasteiger partial charge in [-0.05, 0) is 43.4 Å². The highest BCUT2D eigenvalue weighted by Crippen LogP contribution is 2.33. The van der Waals surface area contributed by atoms with Crippen LogP contribution >= 0.6 is 0 Å². The molecule has 1 aromatic heterocycles. The largest absolute Gasteiger partial charge is 0.469 e. The maximum Gasteiger partial charge on any atom is 0.215 e. The van der Waals surface area contributed by atoms with Gasteiger partial charge in [-0.25, -0.2) is 0 Å². The summed E-state index contributed by atoms with van der Waals surface area (Å²) in [6, 6.07) is 14.4. The van der Waals surface area contributed by atoms with Crippen LogP contribution in [0.5, 0.6) is 5.88 Å². The molecule has 104 valence electrons. The number of nitrogens with one attached hydrogen (secondary N) is 1. The Morgan fingerprint density at radius 2 is 2.10 bits per heavy atom. The van der Waals surface area contributed by atoms with Crippen LogP contribution in [0.4, 0.5) is 5.82 Å². The number of hydrogen-bond acceptors (Lipinski definition) is 3. The Morgan fingerprint density at radius 3 is 3.00 bits per heavy atom. The molecule has 0 spiro atoms. The molecule has 2 aromatic rings. The van der Waals surface area contributed by atoms with E-state index in [0.29, 0.717) is 5.88 Å². The van der Waals surface area contributed by atoms with Gasteiger partial charge in [-0.15, -0.1) is 0 Å². The van der Waals surface area contributed by atoms with Crippen molar-refractivity contribution in [3.05, 3.63) is 53.6 Å². The van der Waals surface area contributed by atoms with Gasteiger partial charge >= 0.3 is 0 Å². The molecule has 0 aliphatic heterocycles. The number of benzene rings is 1. The lowest BCUT2D eigenvalue weighted by molar-refractivity contribution is 0.176. The molecule has 3 rings (SSSR count). The molecule has 3 heteroatoms. The third-order valence-electron chi connectivity index (χ3n) is 3.66. The summed E-state index contributed by atoms with van der Waals surface area (Å²) in [6.07, 6.45) is 3.52. The number of hydrogen-bond donors (Lipinski definition) is 1. The van der Waals surface area contributed by atoms with Crippen LogP contribution in [0.2, 0.25) is 0 Å². The van der Waals surface area contributed by atoms with Gasteiger partial charge in [-0.2, -0.15) is 4.98 Å². The summed E-state index contributed by atoms with van der Waals surface area (Å²) in [6.45, 7) is 2.93. The minimum Gasteiger partial charge on any atom is -0.469 e. The topological polar surface area (TPSA) is 34.1 Å². The molecule has 0 radical (unpaired) electrons. The van der Waals surface area contributed by atoms with Crippen LogP contribution in [-0.2, 0) is 6.42 Å². The van der Waals surface area contributed by atoms with Gasteiger partial charge in [0.2, 0.25) is 5.88 Å². The second-order valence-corrected chi connectivity index (χ2v) is 5.09. The van der Waals surface area contributed by atoms with Crippen molar-refractivity contribution in [2.45, 2.75) is 32.3 Å². The first kappa shape index (κ1) is 13.0. The molecular formula is C17H20N2O. The molecule has 1 aliphatic carbocycles. The Morgan fingerprint density at radius 1 is 1.20 bits per heavy atom. The van der Waals surface area contributed by atoms with Crippen LogP contribution in [0.3, 0.4) is 0 Å². The van der Waals surface area contributed by atoms with Gasteiger partial charge in [0.1, 0.15) is 11.9 Å². The van der Waals surface area contributed by atoms with E-state index in [9.17, 15) is 0 Å². The smallest absolute Gasteiger partial charge is 0.215 e. The van der Waals surface area contributed by atoms with Crippen molar-refractivity contribution in [3.63, 3.8) is 0 Å². The van der Waals surface area contributed by atoms with Crippen LogP contribution in [-0.4, -0.2) is 11.5 Å². The minimum atomic E-state index is 0.129. The fourth-order valence-electron chi connectivity index (χ4n) is 2.74. The predicted octanol–water partition coefficient (Wildman–Crippen LogP) is 3.97. The summed E-state index contributed by atoms with van der Waals surface area (Å²) < 4.78 is 6.12. The summed E-state index contributed by atoms with van der Waals surface area (Å²) in [7, 11) is 0. The molecule has 1 aliphatic rings. The lowest BCUT2D eigenvalue weighted by atomic mass is 9.89. The molecule has 0 saturated heterocycles. The van der Waals surface area contributed by atoms with Crippen LogP contribution < -0.4 is 10.1 Å². The zero-order valence-corrected chi connectivity index (χ0v) is 11.8. The van der Waals surface area contributed by atoms with E-state index in [2.05, 4.69) is 41.5 Å². The van der Waals surface area contributed by atoms with E-state index in [4.69, 9.17) is 4.74 Å². The average molecular weight is 268 g/mol. The first-order valence-electron chi connectivity index (χ1n) is 7.32. The summed E-state index contributed by atoms with van der Waals surface area (Å²) >= 11 is 0. The lowest BCUT2D eigenvalue weighted by Crippen LogP contribution is -2.15. The van der Waals surface area contributed by atoms with Crippen molar-refractivity contribution in [2.75, 3.05) is 11.9 Å². The highest BCUT2D eigenvalue weighted by Gasteiger charge is 2.21. The normalized spacial score (nSPS) is 17.4. The molecule has 0 bridgehead atoms. The SMILES string of the molecule is CCNc1cccc(OC2CCCc3ccccc32)n1. The second-order valence-electron chi connectivity index (χ2n) is 5.09. The van der Waals surface area contributed by atoms with Crippen molar-refractivity contribution in [3.8, 4) is 5.88 Å². The summed E-state index contributed by atoms with van der Waals surface area (Å²) in [5.41, 5.74) is 2.72. The molecule has 1 unspecified atom stereocenters. The number of aryl methyl sites for hydroxylation is 1. The van der Waals surface area contributed by atoms with Gasteiger partial charge in [0.25, 0.3) is 0 Å². The van der Waals surface area contributed by atoms with Gasteiger partial charge in [0, 0.05) is 12.6 Å². The maximum absolute atomic E-state index is 6.12. The van der Waals surface area contributed by atoms with E-state index in [1.54, 1.807) is 0 Å². The van der Waals surface area contributed by atoms with Crippen LogP contribution in [0.15, 0.2) is 42.5 Å². The van der Waals surface area contributed by atoms with Crippen molar-refractivity contribution in [1.82, 2.24) is 4.98 Å². The Kier molecular flexibility index (Phi) is 3.86. The Bertz CT molecular complexity index is 583. The number of anilines is 1. The van der Waals surface area contributed by atoms with Gasteiger partial charge in [0.15, 0.2) is 0 Å². The monoisotopic (exact) mass is 268 g/mol. The standard InChI is InChI=1S/C17H20N2O/c1-2-18-16-11-6-12-17(19-16)20-15-10-5-8-13-7-3-4-9-14(13)15/h3-4,6-7,9,11-12,15H,2,5,8,10H2,1H3,(H,18,19). The lowest BCUT2D eigenvalue weighted by Gasteiger charge is -2.25. The molecular weight excluding hydrogens is 248 g/mol. The molecule has 1 atom stereocenters. The van der Waals surface area contributed by atoms with E-state index in [0.717, 1.165) is 25.2 Å². The third kappa shape index (κ3) is 2.77. The quantitative estimate of drug-likeness (QED) is 0.911. The molecule has 20 heavy (non-hydrogen) atoms. The summed E-state index contributed by atoms with van der Waals surface area (Å²) in [5, 5.41) is 3.21. The highest BCUT2D eigenvalue weighted by molar-refractivity contribution is 5.37. The van der Waals surface area contributed by atoms with E-state index in [-0.39, 0.29) is 6.10 Å². The maximum atomic E-state index is 6.12. The zero-order valence-electron chi connectivity index (χ0n) is 11.8.